The summed E-state index contributed by atoms with van der Waals surface area (Å²) in [7, 11) is 1.80. The van der Waals surface area contributed by atoms with Gasteiger partial charge in [0.15, 0.2) is 5.82 Å². The molecule has 0 amide bonds. The van der Waals surface area contributed by atoms with Crippen LogP contribution in [-0.4, -0.2) is 25.8 Å². The smallest absolute Gasteiger partial charge is 0.339 e. The first-order valence-corrected chi connectivity index (χ1v) is 5.24. The van der Waals surface area contributed by atoms with Crippen LogP contribution in [0, 0.1) is 6.92 Å². The number of pyridine rings is 1. The van der Waals surface area contributed by atoms with E-state index >= 15 is 0 Å². The number of aromatic carboxylic acids is 1. The lowest BCUT2D eigenvalue weighted by atomic mass is 10.2. The van der Waals surface area contributed by atoms with Crippen molar-refractivity contribution in [2.45, 2.75) is 6.92 Å². The molecule has 0 spiro atoms. The van der Waals surface area contributed by atoms with E-state index in [9.17, 15) is 4.79 Å². The summed E-state index contributed by atoms with van der Waals surface area (Å²) < 4.78 is 1.68. The van der Waals surface area contributed by atoms with Gasteiger partial charge in [-0.1, -0.05) is 0 Å². The molecule has 0 aromatic carbocycles. The molecule has 0 saturated heterocycles. The zero-order valence-electron chi connectivity index (χ0n) is 10.0. The number of carboxylic acids is 1. The Morgan fingerprint density at radius 3 is 2.78 bits per heavy atom. The van der Waals surface area contributed by atoms with E-state index in [1.165, 1.54) is 12.3 Å². The minimum atomic E-state index is -1.09. The fraction of sp³-hybridized carbons (Fsp3) is 0.182. The predicted octanol–water partition coefficient (Wildman–Crippen LogP) is 1.15. The Kier molecular flexibility index (Phi) is 2.88. The summed E-state index contributed by atoms with van der Waals surface area (Å²) in [4.78, 5) is 15.0. The van der Waals surface area contributed by atoms with Crippen molar-refractivity contribution in [2.75, 3.05) is 11.1 Å². The lowest BCUT2D eigenvalue weighted by molar-refractivity contribution is 0.0697. The lowest BCUT2D eigenvalue weighted by Gasteiger charge is -2.06. The second kappa shape index (κ2) is 4.36. The van der Waals surface area contributed by atoms with Crippen LogP contribution >= 0.6 is 0 Å². The molecule has 0 bridgehead atoms. The molecule has 94 valence electrons. The molecular formula is C11H13N5O2. The summed E-state index contributed by atoms with van der Waals surface area (Å²) in [6, 6.07) is 3.15. The van der Waals surface area contributed by atoms with Gasteiger partial charge in [-0.2, -0.15) is 5.10 Å². The third-order valence-corrected chi connectivity index (χ3v) is 2.50. The summed E-state index contributed by atoms with van der Waals surface area (Å²) in [5.74, 6) is -0.338. The molecule has 2 aromatic rings. The number of nitrogens with two attached hydrogens (primary N) is 1. The Morgan fingerprint density at radius 2 is 2.22 bits per heavy atom. The van der Waals surface area contributed by atoms with Crippen LogP contribution in [0.15, 0.2) is 18.3 Å². The number of nitrogens with one attached hydrogen (secondary N) is 1. The molecular weight excluding hydrogens is 234 g/mol. The fourth-order valence-electron chi connectivity index (χ4n) is 1.49. The molecule has 2 rings (SSSR count). The molecule has 4 N–H and O–H groups in total. The molecule has 0 fully saturated rings. The van der Waals surface area contributed by atoms with Crippen LogP contribution < -0.4 is 11.1 Å². The molecule has 2 aromatic heterocycles. The Bertz CT molecular complexity index is 586. The number of aryl methyl sites for hydroxylation is 2. The Balaban J connectivity index is 2.36. The van der Waals surface area contributed by atoms with Crippen LogP contribution in [0.5, 0.6) is 0 Å². The number of nitrogens with zero attached hydrogens (tertiary/aromatic N) is 3. The number of carbonyl (C=O) groups is 1. The molecule has 2 heterocycles. The fourth-order valence-corrected chi connectivity index (χ4v) is 1.49. The highest BCUT2D eigenvalue weighted by atomic mass is 16.4. The topological polar surface area (TPSA) is 106 Å². The summed E-state index contributed by atoms with van der Waals surface area (Å²) in [5.41, 5.74) is 6.78. The van der Waals surface area contributed by atoms with E-state index in [2.05, 4.69) is 15.4 Å². The van der Waals surface area contributed by atoms with Gasteiger partial charge in [-0.3, -0.25) is 4.68 Å². The van der Waals surface area contributed by atoms with E-state index in [1.54, 1.807) is 17.8 Å². The van der Waals surface area contributed by atoms with Crippen molar-refractivity contribution in [1.82, 2.24) is 14.8 Å². The van der Waals surface area contributed by atoms with Crippen molar-refractivity contribution in [3.8, 4) is 0 Å². The minimum Gasteiger partial charge on any atom is -0.478 e. The van der Waals surface area contributed by atoms with Crippen molar-refractivity contribution in [1.29, 1.82) is 0 Å². The quantitative estimate of drug-likeness (QED) is 0.751. The van der Waals surface area contributed by atoms with Crippen LogP contribution in [0.4, 0.5) is 17.3 Å². The molecule has 0 unspecified atom stereocenters. The number of aromatic nitrogens is 3. The molecule has 7 nitrogen and oxygen atoms in total. The maximum Gasteiger partial charge on any atom is 0.339 e. The van der Waals surface area contributed by atoms with Gasteiger partial charge in [0.2, 0.25) is 0 Å². The van der Waals surface area contributed by atoms with Crippen LogP contribution in [-0.2, 0) is 7.05 Å². The molecule has 0 aliphatic carbocycles. The molecule has 0 saturated carbocycles. The number of rotatable bonds is 3. The minimum absolute atomic E-state index is 0.0123. The highest BCUT2D eigenvalue weighted by Crippen LogP contribution is 2.20. The number of hydrogen-bond acceptors (Lipinski definition) is 5. The van der Waals surface area contributed by atoms with E-state index in [-0.39, 0.29) is 11.4 Å². The Morgan fingerprint density at radius 1 is 1.50 bits per heavy atom. The van der Waals surface area contributed by atoms with Gasteiger partial charge in [0.05, 0.1) is 11.9 Å². The standard InChI is InChI=1S/C11H13N5O2/c1-6-3-9(15-16(6)2)14-10-8(11(17)18)4-7(12)5-13-10/h3-5H,12H2,1-2H3,(H,17,18)(H,13,14,15). The van der Waals surface area contributed by atoms with Crippen LogP contribution in [0.25, 0.3) is 0 Å². The zero-order chi connectivity index (χ0) is 13.3. The molecule has 0 aliphatic heterocycles. The van der Waals surface area contributed by atoms with E-state index in [1.807, 2.05) is 6.92 Å². The van der Waals surface area contributed by atoms with Crippen LogP contribution in [0.1, 0.15) is 16.1 Å². The first-order chi connectivity index (χ1) is 8.47. The van der Waals surface area contributed by atoms with Gasteiger partial charge in [0, 0.05) is 18.8 Å². The van der Waals surface area contributed by atoms with Gasteiger partial charge in [-0.15, -0.1) is 0 Å². The summed E-state index contributed by atoms with van der Waals surface area (Å²) in [5, 5.41) is 16.1. The van der Waals surface area contributed by atoms with Gasteiger partial charge in [-0.25, -0.2) is 9.78 Å². The third kappa shape index (κ3) is 2.24. The van der Waals surface area contributed by atoms with Crippen LogP contribution in [0.2, 0.25) is 0 Å². The monoisotopic (exact) mass is 247 g/mol. The zero-order valence-corrected chi connectivity index (χ0v) is 10.0. The number of hydrogen-bond donors (Lipinski definition) is 3. The van der Waals surface area contributed by atoms with E-state index in [4.69, 9.17) is 10.8 Å². The summed E-state index contributed by atoms with van der Waals surface area (Å²) >= 11 is 0. The maximum atomic E-state index is 11.1. The average Bonchev–Trinajstić information content (AvgIpc) is 2.60. The van der Waals surface area contributed by atoms with Crippen molar-refractivity contribution in [2.24, 2.45) is 7.05 Å². The Labute approximate surface area is 103 Å². The van der Waals surface area contributed by atoms with Gasteiger partial charge < -0.3 is 16.2 Å². The van der Waals surface area contributed by atoms with E-state index < -0.39 is 5.97 Å². The van der Waals surface area contributed by atoms with Crippen molar-refractivity contribution < 1.29 is 9.90 Å². The van der Waals surface area contributed by atoms with Gasteiger partial charge in [0.25, 0.3) is 0 Å². The predicted molar refractivity (Wildman–Crippen MR) is 66.8 cm³/mol. The van der Waals surface area contributed by atoms with Crippen molar-refractivity contribution in [3.05, 3.63) is 29.6 Å². The highest BCUT2D eigenvalue weighted by Gasteiger charge is 2.13. The summed E-state index contributed by atoms with van der Waals surface area (Å²) in [6.07, 6.45) is 1.39. The van der Waals surface area contributed by atoms with Crippen molar-refractivity contribution in [3.63, 3.8) is 0 Å². The largest absolute Gasteiger partial charge is 0.478 e. The molecule has 0 radical (unpaired) electrons. The van der Waals surface area contributed by atoms with Gasteiger partial charge >= 0.3 is 5.97 Å². The van der Waals surface area contributed by atoms with Gasteiger partial charge in [-0.05, 0) is 13.0 Å². The van der Waals surface area contributed by atoms with Crippen LogP contribution in [0.3, 0.4) is 0 Å². The number of carboxylic acid groups (broad SMARTS) is 1. The number of nitrogen functional groups attached to an aromatic ring is 1. The number of anilines is 3. The molecule has 0 atom stereocenters. The maximum absolute atomic E-state index is 11.1. The SMILES string of the molecule is Cc1cc(Nc2ncc(N)cc2C(=O)O)nn1C. The van der Waals surface area contributed by atoms with Gasteiger partial charge in [0.1, 0.15) is 11.4 Å². The van der Waals surface area contributed by atoms with Crippen molar-refractivity contribution >= 4 is 23.3 Å². The molecule has 0 aliphatic rings. The lowest BCUT2D eigenvalue weighted by Crippen LogP contribution is -2.06. The van der Waals surface area contributed by atoms with E-state index in [0.29, 0.717) is 11.5 Å². The first kappa shape index (κ1) is 11.9. The second-order valence-corrected chi connectivity index (χ2v) is 3.89. The normalized spacial score (nSPS) is 10.3. The first-order valence-electron chi connectivity index (χ1n) is 5.24. The van der Waals surface area contributed by atoms with E-state index in [0.717, 1.165) is 5.69 Å². The summed E-state index contributed by atoms with van der Waals surface area (Å²) in [6.45, 7) is 1.90. The second-order valence-electron chi connectivity index (χ2n) is 3.89. The average molecular weight is 247 g/mol. The molecule has 7 heteroatoms. The molecule has 18 heavy (non-hydrogen) atoms. The Hall–Kier alpha value is -2.57. The highest BCUT2D eigenvalue weighted by molar-refractivity contribution is 5.94. The third-order valence-electron chi connectivity index (χ3n) is 2.50.